The van der Waals surface area contributed by atoms with E-state index in [0.29, 0.717) is 19.3 Å². The predicted octanol–water partition coefficient (Wildman–Crippen LogP) is 1.53. The van der Waals surface area contributed by atoms with Gasteiger partial charge in [-0.2, -0.15) is 0 Å². The van der Waals surface area contributed by atoms with Crippen LogP contribution in [0.3, 0.4) is 0 Å². The summed E-state index contributed by atoms with van der Waals surface area (Å²) in [6.45, 7) is 1.31. The fourth-order valence-corrected chi connectivity index (χ4v) is 4.24. The van der Waals surface area contributed by atoms with E-state index < -0.39 is 0 Å². The van der Waals surface area contributed by atoms with E-state index in [1.54, 1.807) is 6.07 Å². The van der Waals surface area contributed by atoms with Gasteiger partial charge in [-0.05, 0) is 43.4 Å². The normalized spacial score (nSPS) is 25.2. The first-order valence-corrected chi connectivity index (χ1v) is 9.53. The lowest BCUT2D eigenvalue weighted by molar-refractivity contribution is -0.135. The van der Waals surface area contributed by atoms with Crippen LogP contribution in [-0.2, 0) is 20.8 Å². The third-order valence-electron chi connectivity index (χ3n) is 5.38. The van der Waals surface area contributed by atoms with Crippen molar-refractivity contribution in [2.45, 2.75) is 63.6 Å². The number of amides is 3. The molecule has 0 unspecified atom stereocenters. The first kappa shape index (κ1) is 19.3. The summed E-state index contributed by atoms with van der Waals surface area (Å²) in [7, 11) is 0. The lowest BCUT2D eigenvalue weighted by Crippen LogP contribution is -2.51. The van der Waals surface area contributed by atoms with Crippen molar-refractivity contribution in [1.29, 1.82) is 0 Å². The maximum Gasteiger partial charge on any atom is 0.242 e. The van der Waals surface area contributed by atoms with Gasteiger partial charge in [0.1, 0.15) is 5.82 Å². The summed E-state index contributed by atoms with van der Waals surface area (Å²) in [6, 6.07) is 6.06. The topological polar surface area (TPSA) is 78.5 Å². The molecule has 0 radical (unpaired) electrons. The summed E-state index contributed by atoms with van der Waals surface area (Å²) in [5, 5.41) is 5.63. The Kier molecular flexibility index (Phi) is 6.08. The Labute approximate surface area is 158 Å². The van der Waals surface area contributed by atoms with E-state index in [-0.39, 0.29) is 48.2 Å². The summed E-state index contributed by atoms with van der Waals surface area (Å²) in [6.07, 6.45) is 4.17. The first-order chi connectivity index (χ1) is 12.9. The van der Waals surface area contributed by atoms with Crippen molar-refractivity contribution in [1.82, 2.24) is 15.5 Å². The van der Waals surface area contributed by atoms with Crippen molar-refractivity contribution in [3.8, 4) is 0 Å². The minimum atomic E-state index is -0.305. The van der Waals surface area contributed by atoms with E-state index >= 15 is 0 Å². The SMILES string of the molecule is CC(=O)NCC(=O)N1[C@H](Cc2cccc(F)c2)C[C@@H]2NC(=O)CCCC[C@H]21. The number of hydrogen-bond acceptors (Lipinski definition) is 3. The molecule has 27 heavy (non-hydrogen) atoms. The fraction of sp³-hybridized carbons (Fsp3) is 0.550. The highest BCUT2D eigenvalue weighted by Crippen LogP contribution is 2.32. The van der Waals surface area contributed by atoms with Gasteiger partial charge < -0.3 is 15.5 Å². The third kappa shape index (κ3) is 4.84. The van der Waals surface area contributed by atoms with Gasteiger partial charge >= 0.3 is 0 Å². The Morgan fingerprint density at radius 2 is 2.15 bits per heavy atom. The number of fused-ring (bicyclic) bond motifs is 1. The van der Waals surface area contributed by atoms with Gasteiger partial charge in [0, 0.05) is 19.4 Å². The molecule has 2 heterocycles. The van der Waals surface area contributed by atoms with E-state index in [9.17, 15) is 18.8 Å². The van der Waals surface area contributed by atoms with Crippen molar-refractivity contribution in [2.24, 2.45) is 0 Å². The van der Waals surface area contributed by atoms with Gasteiger partial charge in [0.15, 0.2) is 0 Å². The van der Waals surface area contributed by atoms with Gasteiger partial charge in [-0.15, -0.1) is 0 Å². The number of benzene rings is 1. The smallest absolute Gasteiger partial charge is 0.242 e. The fourth-order valence-electron chi connectivity index (χ4n) is 4.24. The Balaban J connectivity index is 1.82. The van der Waals surface area contributed by atoms with Crippen LogP contribution in [0.15, 0.2) is 24.3 Å². The molecule has 3 rings (SSSR count). The molecule has 0 saturated carbocycles. The molecule has 146 valence electrons. The lowest BCUT2D eigenvalue weighted by atomic mass is 9.97. The maximum absolute atomic E-state index is 13.6. The molecular weight excluding hydrogens is 349 g/mol. The Bertz CT molecular complexity index is 724. The first-order valence-electron chi connectivity index (χ1n) is 9.53. The zero-order valence-corrected chi connectivity index (χ0v) is 15.5. The predicted molar refractivity (Wildman–Crippen MR) is 98.2 cm³/mol. The highest BCUT2D eigenvalue weighted by molar-refractivity contribution is 5.84. The van der Waals surface area contributed by atoms with E-state index in [1.165, 1.54) is 19.1 Å². The number of nitrogens with zero attached hydrogens (tertiary/aromatic N) is 1. The molecule has 3 amide bonds. The van der Waals surface area contributed by atoms with Crippen molar-refractivity contribution in [2.75, 3.05) is 6.54 Å². The summed E-state index contributed by atoms with van der Waals surface area (Å²) in [5.41, 5.74) is 0.818. The molecule has 2 N–H and O–H groups in total. The van der Waals surface area contributed by atoms with Crippen molar-refractivity contribution in [3.63, 3.8) is 0 Å². The Morgan fingerprint density at radius 1 is 1.33 bits per heavy atom. The zero-order chi connectivity index (χ0) is 19.4. The number of hydrogen-bond donors (Lipinski definition) is 2. The number of nitrogens with one attached hydrogen (secondary N) is 2. The van der Waals surface area contributed by atoms with Crippen LogP contribution in [0.25, 0.3) is 0 Å². The Morgan fingerprint density at radius 3 is 2.89 bits per heavy atom. The van der Waals surface area contributed by atoms with Crippen LogP contribution in [0.2, 0.25) is 0 Å². The molecule has 0 spiro atoms. The second-order valence-corrected chi connectivity index (χ2v) is 7.42. The van der Waals surface area contributed by atoms with Gasteiger partial charge in [-0.25, -0.2) is 4.39 Å². The van der Waals surface area contributed by atoms with E-state index in [2.05, 4.69) is 10.6 Å². The molecule has 0 aliphatic carbocycles. The van der Waals surface area contributed by atoms with Gasteiger partial charge in [-0.3, -0.25) is 14.4 Å². The average molecular weight is 375 g/mol. The van der Waals surface area contributed by atoms with Crippen LogP contribution in [0.5, 0.6) is 0 Å². The second-order valence-electron chi connectivity index (χ2n) is 7.42. The van der Waals surface area contributed by atoms with Crippen molar-refractivity contribution < 1.29 is 18.8 Å². The highest BCUT2D eigenvalue weighted by Gasteiger charge is 2.44. The van der Waals surface area contributed by atoms with E-state index in [0.717, 1.165) is 24.8 Å². The molecule has 0 aromatic heterocycles. The number of likely N-dealkylation sites (tertiary alicyclic amines) is 1. The number of carbonyl (C=O) groups is 3. The molecule has 2 saturated heterocycles. The summed E-state index contributed by atoms with van der Waals surface area (Å²) >= 11 is 0. The molecule has 7 heteroatoms. The molecule has 1 aromatic carbocycles. The van der Waals surface area contributed by atoms with Crippen LogP contribution < -0.4 is 10.6 Å². The molecule has 0 bridgehead atoms. The molecule has 3 atom stereocenters. The number of rotatable bonds is 4. The van der Waals surface area contributed by atoms with Crippen molar-refractivity contribution >= 4 is 17.7 Å². The monoisotopic (exact) mass is 375 g/mol. The van der Waals surface area contributed by atoms with Crippen molar-refractivity contribution in [3.05, 3.63) is 35.6 Å². The van der Waals surface area contributed by atoms with Gasteiger partial charge in [0.2, 0.25) is 17.7 Å². The third-order valence-corrected chi connectivity index (χ3v) is 5.38. The van der Waals surface area contributed by atoms with Crippen LogP contribution in [0, 0.1) is 5.82 Å². The quantitative estimate of drug-likeness (QED) is 0.838. The standard InChI is InChI=1S/C20H26FN3O3/c1-13(25)22-12-20(27)24-16(10-14-5-4-6-15(21)9-14)11-17-18(24)7-2-3-8-19(26)23-17/h4-6,9,16-18H,2-3,7-8,10-12H2,1H3,(H,22,25)(H,23,26)/t16-,17+,18-/m1/s1. The highest BCUT2D eigenvalue weighted by atomic mass is 19.1. The maximum atomic E-state index is 13.6. The zero-order valence-electron chi connectivity index (χ0n) is 15.5. The second kappa shape index (κ2) is 8.50. The van der Waals surface area contributed by atoms with Gasteiger partial charge in [-0.1, -0.05) is 18.6 Å². The molecular formula is C20H26FN3O3. The van der Waals surface area contributed by atoms with Gasteiger partial charge in [0.25, 0.3) is 0 Å². The number of halogens is 1. The number of carbonyl (C=O) groups excluding carboxylic acids is 3. The molecule has 2 aliphatic rings. The lowest BCUT2D eigenvalue weighted by Gasteiger charge is -2.33. The Hall–Kier alpha value is -2.44. The largest absolute Gasteiger partial charge is 0.351 e. The molecule has 2 fully saturated rings. The summed E-state index contributed by atoms with van der Waals surface area (Å²) < 4.78 is 13.6. The minimum absolute atomic E-state index is 0.0189. The van der Waals surface area contributed by atoms with Crippen LogP contribution in [0.1, 0.15) is 44.6 Å². The van der Waals surface area contributed by atoms with Crippen LogP contribution in [-0.4, -0.2) is 47.3 Å². The summed E-state index contributed by atoms with van der Waals surface area (Å²) in [4.78, 5) is 38.0. The summed E-state index contributed by atoms with van der Waals surface area (Å²) in [5.74, 6) is -0.702. The van der Waals surface area contributed by atoms with E-state index in [1.807, 2.05) is 11.0 Å². The molecule has 6 nitrogen and oxygen atoms in total. The minimum Gasteiger partial charge on any atom is -0.351 e. The van der Waals surface area contributed by atoms with Crippen LogP contribution >= 0.6 is 0 Å². The van der Waals surface area contributed by atoms with Crippen LogP contribution in [0.4, 0.5) is 4.39 Å². The molecule has 1 aromatic rings. The molecule has 2 aliphatic heterocycles. The van der Waals surface area contributed by atoms with E-state index in [4.69, 9.17) is 0 Å². The average Bonchev–Trinajstić information content (AvgIpc) is 2.91. The van der Waals surface area contributed by atoms with Gasteiger partial charge in [0.05, 0.1) is 18.6 Å².